The Kier molecular flexibility index (Phi) is 5.81. The van der Waals surface area contributed by atoms with Crippen molar-refractivity contribution >= 4 is 34.3 Å². The maximum Gasteiger partial charge on any atom is 0.229 e. The summed E-state index contributed by atoms with van der Waals surface area (Å²) in [6, 6.07) is 16.5. The highest BCUT2D eigenvalue weighted by Crippen LogP contribution is 2.27. The van der Waals surface area contributed by atoms with E-state index in [0.717, 1.165) is 16.3 Å². The topological polar surface area (TPSA) is 81.0 Å². The summed E-state index contributed by atoms with van der Waals surface area (Å²) in [5.74, 6) is 0.886. The second-order valence-corrected chi connectivity index (χ2v) is 9.03. The van der Waals surface area contributed by atoms with E-state index in [0.29, 0.717) is 61.5 Å². The zero-order chi connectivity index (χ0) is 23.6. The van der Waals surface area contributed by atoms with Crippen molar-refractivity contribution in [2.45, 2.75) is 6.54 Å². The Morgan fingerprint density at radius 3 is 2.69 bits per heavy atom. The van der Waals surface area contributed by atoms with Gasteiger partial charge in [-0.25, -0.2) is 14.4 Å². The van der Waals surface area contributed by atoms with Gasteiger partial charge in [-0.15, -0.1) is 11.3 Å². The van der Waals surface area contributed by atoms with Crippen molar-refractivity contribution in [3.05, 3.63) is 77.1 Å². The van der Waals surface area contributed by atoms with Crippen molar-refractivity contribution in [1.82, 2.24) is 24.5 Å². The van der Waals surface area contributed by atoms with Crippen LogP contribution in [0.4, 0.5) is 16.2 Å². The quantitative estimate of drug-likeness (QED) is 0.377. The molecule has 0 atom stereocenters. The first-order valence-corrected chi connectivity index (χ1v) is 12.2. The van der Waals surface area contributed by atoms with Crippen LogP contribution in [-0.4, -0.2) is 50.8 Å². The summed E-state index contributed by atoms with van der Waals surface area (Å²) < 4.78 is 21.2. The van der Waals surface area contributed by atoms with Crippen LogP contribution >= 0.6 is 11.3 Å². The first-order valence-electron chi connectivity index (χ1n) is 11.3. The molecule has 0 radical (unpaired) electrons. The fraction of sp³-hybridized carbons (Fsp3) is 0.200. The van der Waals surface area contributed by atoms with Gasteiger partial charge in [0, 0.05) is 24.0 Å². The highest BCUT2D eigenvalue weighted by Gasteiger charge is 2.20. The summed E-state index contributed by atoms with van der Waals surface area (Å²) in [4.78, 5) is 21.0. The third-order valence-corrected chi connectivity index (χ3v) is 6.64. The smallest absolute Gasteiger partial charge is 0.229 e. The van der Waals surface area contributed by atoms with E-state index in [2.05, 4.69) is 20.6 Å². The SMILES string of the molecule is Fc1cccc(-n2cnc3c(NCc4nc(-c5ccccc5)cs4)nc(N4CCOCC4)nc32)c1. The lowest BCUT2D eigenvalue weighted by Crippen LogP contribution is -2.37. The number of fused-ring (bicyclic) bond motifs is 1. The number of rotatable bonds is 6. The van der Waals surface area contributed by atoms with Gasteiger partial charge in [0.25, 0.3) is 0 Å². The Bertz CT molecular complexity index is 1460. The summed E-state index contributed by atoms with van der Waals surface area (Å²) >= 11 is 1.59. The predicted molar refractivity (Wildman–Crippen MR) is 135 cm³/mol. The van der Waals surface area contributed by atoms with Gasteiger partial charge >= 0.3 is 0 Å². The van der Waals surface area contributed by atoms with Crippen LogP contribution in [-0.2, 0) is 11.3 Å². The zero-order valence-corrected chi connectivity index (χ0v) is 19.6. The van der Waals surface area contributed by atoms with Crippen LogP contribution in [0.25, 0.3) is 28.1 Å². The molecule has 1 aliphatic rings. The lowest BCUT2D eigenvalue weighted by Gasteiger charge is -2.27. The van der Waals surface area contributed by atoms with Crippen LogP contribution in [0.15, 0.2) is 66.3 Å². The molecule has 0 unspecified atom stereocenters. The van der Waals surface area contributed by atoms with Crippen molar-refractivity contribution in [2.75, 3.05) is 36.5 Å². The molecule has 0 bridgehead atoms. The molecule has 6 rings (SSSR count). The van der Waals surface area contributed by atoms with Gasteiger partial charge in [0.15, 0.2) is 17.0 Å². The molecule has 35 heavy (non-hydrogen) atoms. The van der Waals surface area contributed by atoms with E-state index in [4.69, 9.17) is 19.7 Å². The van der Waals surface area contributed by atoms with Crippen LogP contribution in [0.5, 0.6) is 0 Å². The Labute approximate surface area is 205 Å². The summed E-state index contributed by atoms with van der Waals surface area (Å²) in [5.41, 5.74) is 3.91. The van der Waals surface area contributed by atoms with E-state index in [1.165, 1.54) is 12.1 Å². The van der Waals surface area contributed by atoms with Crippen molar-refractivity contribution < 1.29 is 9.13 Å². The predicted octanol–water partition coefficient (Wildman–Crippen LogP) is 4.53. The van der Waals surface area contributed by atoms with E-state index >= 15 is 0 Å². The molecule has 4 heterocycles. The third kappa shape index (κ3) is 4.45. The minimum absolute atomic E-state index is 0.317. The molecule has 5 aromatic rings. The second kappa shape index (κ2) is 9.40. The Balaban J connectivity index is 1.35. The summed E-state index contributed by atoms with van der Waals surface area (Å²) in [7, 11) is 0. The zero-order valence-electron chi connectivity index (χ0n) is 18.8. The van der Waals surface area contributed by atoms with Gasteiger partial charge in [0.1, 0.15) is 17.2 Å². The number of thiazole rings is 1. The number of anilines is 2. The van der Waals surface area contributed by atoms with Crippen molar-refractivity contribution in [2.24, 2.45) is 0 Å². The molecule has 0 amide bonds. The number of hydrogen-bond acceptors (Lipinski definition) is 8. The first kappa shape index (κ1) is 21.6. The number of benzene rings is 2. The molecule has 176 valence electrons. The van der Waals surface area contributed by atoms with Crippen LogP contribution in [0.3, 0.4) is 0 Å². The van der Waals surface area contributed by atoms with Gasteiger partial charge in [0.2, 0.25) is 5.95 Å². The molecule has 1 saturated heterocycles. The van der Waals surface area contributed by atoms with E-state index in [1.807, 2.05) is 36.4 Å². The normalized spacial score (nSPS) is 13.9. The molecular weight excluding hydrogens is 465 g/mol. The van der Waals surface area contributed by atoms with E-state index in [9.17, 15) is 4.39 Å². The largest absolute Gasteiger partial charge is 0.378 e. The average Bonchev–Trinajstić information content (AvgIpc) is 3.56. The van der Waals surface area contributed by atoms with Gasteiger partial charge < -0.3 is 15.0 Å². The molecule has 2 aromatic carbocycles. The molecule has 1 fully saturated rings. The molecule has 10 heteroatoms. The van der Waals surface area contributed by atoms with Crippen molar-refractivity contribution in [1.29, 1.82) is 0 Å². The number of ether oxygens (including phenoxy) is 1. The van der Waals surface area contributed by atoms with Gasteiger partial charge in [-0.1, -0.05) is 36.4 Å². The number of nitrogens with zero attached hydrogens (tertiary/aromatic N) is 6. The first-order chi connectivity index (χ1) is 17.2. The van der Waals surface area contributed by atoms with Crippen molar-refractivity contribution in [3.63, 3.8) is 0 Å². The maximum atomic E-state index is 13.9. The number of nitrogens with one attached hydrogen (secondary N) is 1. The molecule has 8 nitrogen and oxygen atoms in total. The highest BCUT2D eigenvalue weighted by molar-refractivity contribution is 7.10. The van der Waals surface area contributed by atoms with Gasteiger partial charge in [-0.3, -0.25) is 4.57 Å². The van der Waals surface area contributed by atoms with E-state index in [-0.39, 0.29) is 5.82 Å². The monoisotopic (exact) mass is 487 g/mol. The Morgan fingerprint density at radius 1 is 1.00 bits per heavy atom. The number of halogens is 1. The Morgan fingerprint density at radius 2 is 1.86 bits per heavy atom. The number of morpholine rings is 1. The highest BCUT2D eigenvalue weighted by atomic mass is 32.1. The average molecular weight is 488 g/mol. The molecule has 3 aromatic heterocycles. The number of imidazole rings is 1. The molecule has 0 saturated carbocycles. The van der Waals surface area contributed by atoms with Crippen LogP contribution in [0, 0.1) is 5.82 Å². The molecular formula is C25H22FN7OS. The van der Waals surface area contributed by atoms with Gasteiger partial charge in [0.05, 0.1) is 31.1 Å². The van der Waals surface area contributed by atoms with E-state index in [1.54, 1.807) is 28.3 Å². The summed E-state index contributed by atoms with van der Waals surface area (Å²) in [5, 5.41) is 6.41. The van der Waals surface area contributed by atoms with Gasteiger partial charge in [-0.05, 0) is 18.2 Å². The molecule has 1 aliphatic heterocycles. The second-order valence-electron chi connectivity index (χ2n) is 8.08. The number of hydrogen-bond donors (Lipinski definition) is 1. The minimum atomic E-state index is -0.317. The summed E-state index contributed by atoms with van der Waals surface area (Å²) in [6.45, 7) is 3.14. The maximum absolute atomic E-state index is 13.9. The Hall–Kier alpha value is -3.89. The molecule has 0 spiro atoms. The standard InChI is InChI=1S/C25H22FN7OS/c26-18-7-4-8-19(13-18)33-16-28-22-23(30-25(31-24(22)33)32-9-11-34-12-10-32)27-14-21-29-20(15-35-21)17-5-2-1-3-6-17/h1-8,13,15-16H,9-12,14H2,(H,27,30,31). The molecule has 0 aliphatic carbocycles. The minimum Gasteiger partial charge on any atom is -0.378 e. The van der Waals surface area contributed by atoms with Crippen molar-refractivity contribution in [3.8, 4) is 16.9 Å². The third-order valence-electron chi connectivity index (χ3n) is 5.79. The fourth-order valence-electron chi connectivity index (χ4n) is 4.02. The number of aromatic nitrogens is 5. The van der Waals surface area contributed by atoms with Crippen LogP contribution in [0.1, 0.15) is 5.01 Å². The molecule has 1 N–H and O–H groups in total. The fourth-order valence-corrected chi connectivity index (χ4v) is 4.77. The lowest BCUT2D eigenvalue weighted by atomic mass is 10.2. The summed E-state index contributed by atoms with van der Waals surface area (Å²) in [6.07, 6.45) is 1.65. The lowest BCUT2D eigenvalue weighted by molar-refractivity contribution is 0.122. The van der Waals surface area contributed by atoms with Gasteiger partial charge in [-0.2, -0.15) is 9.97 Å². The van der Waals surface area contributed by atoms with Crippen LogP contribution < -0.4 is 10.2 Å². The van der Waals surface area contributed by atoms with Crippen LogP contribution in [0.2, 0.25) is 0 Å². The van der Waals surface area contributed by atoms with E-state index < -0.39 is 0 Å².